The number of benzene rings is 2. The van der Waals surface area contributed by atoms with E-state index in [1.54, 1.807) is 11.4 Å². The van der Waals surface area contributed by atoms with Gasteiger partial charge in [0.25, 0.3) is 5.91 Å². The first kappa shape index (κ1) is 21.2. The molecule has 0 radical (unpaired) electrons. The van der Waals surface area contributed by atoms with Crippen LogP contribution in [0.1, 0.15) is 31.9 Å². The van der Waals surface area contributed by atoms with E-state index in [1.165, 1.54) is 17.4 Å². The van der Waals surface area contributed by atoms with Gasteiger partial charge in [-0.1, -0.05) is 29.3 Å². The number of nitrogens with one attached hydrogen (secondary N) is 1. The largest absolute Gasteiger partial charge is 0.489 e. The lowest BCUT2D eigenvalue weighted by Gasteiger charge is -2.11. The zero-order valence-corrected chi connectivity index (χ0v) is 17.1. The van der Waals surface area contributed by atoms with Gasteiger partial charge in [0.15, 0.2) is 0 Å². The maximum absolute atomic E-state index is 13.0. The van der Waals surface area contributed by atoms with Crippen molar-refractivity contribution in [2.75, 3.05) is 5.32 Å². The SMILES string of the molecule is Cc1ccc(OCc2csc(C(=O)Nc3ccc(Cl)c(C(F)(F)F)c3)c2)c(C)c1. The van der Waals surface area contributed by atoms with E-state index in [9.17, 15) is 18.0 Å². The van der Waals surface area contributed by atoms with Crippen LogP contribution < -0.4 is 10.1 Å². The second-order valence-electron chi connectivity index (χ2n) is 6.52. The second kappa shape index (κ2) is 8.47. The maximum atomic E-state index is 13.0. The molecule has 0 saturated heterocycles. The fourth-order valence-electron chi connectivity index (χ4n) is 2.71. The van der Waals surface area contributed by atoms with Crippen molar-refractivity contribution in [3.63, 3.8) is 0 Å². The van der Waals surface area contributed by atoms with E-state index in [-0.39, 0.29) is 12.3 Å². The number of alkyl halides is 3. The van der Waals surface area contributed by atoms with Gasteiger partial charge in [-0.3, -0.25) is 4.79 Å². The molecule has 1 heterocycles. The highest BCUT2D eigenvalue weighted by Gasteiger charge is 2.33. The molecule has 0 spiro atoms. The first-order valence-electron chi connectivity index (χ1n) is 8.59. The smallest absolute Gasteiger partial charge is 0.417 e. The van der Waals surface area contributed by atoms with E-state index in [0.717, 1.165) is 34.6 Å². The van der Waals surface area contributed by atoms with Crippen molar-refractivity contribution in [2.45, 2.75) is 26.6 Å². The Labute approximate surface area is 175 Å². The Kier molecular flexibility index (Phi) is 6.19. The Morgan fingerprint density at radius 3 is 2.59 bits per heavy atom. The number of ether oxygens (including phenoxy) is 1. The van der Waals surface area contributed by atoms with E-state index in [4.69, 9.17) is 16.3 Å². The first-order chi connectivity index (χ1) is 13.6. The van der Waals surface area contributed by atoms with Crippen molar-refractivity contribution in [1.29, 1.82) is 0 Å². The number of carbonyl (C=O) groups excluding carboxylic acids is 1. The lowest BCUT2D eigenvalue weighted by molar-refractivity contribution is -0.137. The van der Waals surface area contributed by atoms with Crippen molar-refractivity contribution in [2.24, 2.45) is 0 Å². The summed E-state index contributed by atoms with van der Waals surface area (Å²) in [7, 11) is 0. The summed E-state index contributed by atoms with van der Waals surface area (Å²) in [5, 5.41) is 3.83. The Balaban J connectivity index is 1.66. The Morgan fingerprint density at radius 1 is 1.14 bits per heavy atom. The van der Waals surface area contributed by atoms with Crippen LogP contribution in [-0.2, 0) is 12.8 Å². The van der Waals surface area contributed by atoms with Crippen LogP contribution in [0.25, 0.3) is 0 Å². The highest BCUT2D eigenvalue weighted by Crippen LogP contribution is 2.36. The molecule has 0 fully saturated rings. The molecule has 1 amide bonds. The standard InChI is InChI=1S/C21H17ClF3NO2S/c1-12-3-6-18(13(2)7-12)28-10-14-8-19(29-11-14)20(27)26-15-4-5-17(22)16(9-15)21(23,24)25/h3-9,11H,10H2,1-2H3,(H,26,27). The van der Waals surface area contributed by atoms with E-state index in [2.05, 4.69) is 5.32 Å². The molecular weight excluding hydrogens is 423 g/mol. The summed E-state index contributed by atoms with van der Waals surface area (Å²) in [5.41, 5.74) is 1.98. The number of anilines is 1. The van der Waals surface area contributed by atoms with Crippen LogP contribution >= 0.6 is 22.9 Å². The van der Waals surface area contributed by atoms with Gasteiger partial charge in [0, 0.05) is 11.3 Å². The van der Waals surface area contributed by atoms with E-state index < -0.39 is 22.7 Å². The number of thiophene rings is 1. The van der Waals surface area contributed by atoms with Gasteiger partial charge in [-0.05, 0) is 55.1 Å². The topological polar surface area (TPSA) is 38.3 Å². The second-order valence-corrected chi connectivity index (χ2v) is 7.84. The maximum Gasteiger partial charge on any atom is 0.417 e. The van der Waals surface area contributed by atoms with Gasteiger partial charge in [0.05, 0.1) is 15.5 Å². The summed E-state index contributed by atoms with van der Waals surface area (Å²) in [5.74, 6) is 0.261. The van der Waals surface area contributed by atoms with Crippen LogP contribution in [0, 0.1) is 13.8 Å². The summed E-state index contributed by atoms with van der Waals surface area (Å²) >= 11 is 6.79. The molecule has 0 atom stereocenters. The fraction of sp³-hybridized carbons (Fsp3) is 0.190. The fourth-order valence-corrected chi connectivity index (χ4v) is 3.72. The number of aryl methyl sites for hydroxylation is 2. The third-order valence-corrected chi connectivity index (χ3v) is 5.44. The molecule has 2 aromatic carbocycles. The normalized spacial score (nSPS) is 11.4. The van der Waals surface area contributed by atoms with Crippen LogP contribution in [0.4, 0.5) is 18.9 Å². The molecule has 0 aliphatic rings. The van der Waals surface area contributed by atoms with Gasteiger partial charge in [-0.2, -0.15) is 13.2 Å². The number of amides is 1. The molecule has 3 aromatic rings. The molecule has 3 nitrogen and oxygen atoms in total. The number of halogens is 4. The first-order valence-corrected chi connectivity index (χ1v) is 9.85. The van der Waals surface area contributed by atoms with E-state index >= 15 is 0 Å². The van der Waals surface area contributed by atoms with Gasteiger partial charge < -0.3 is 10.1 Å². The van der Waals surface area contributed by atoms with Gasteiger partial charge >= 0.3 is 6.18 Å². The van der Waals surface area contributed by atoms with Gasteiger partial charge in [-0.15, -0.1) is 11.3 Å². The Hall–Kier alpha value is -2.51. The molecule has 0 bridgehead atoms. The average Bonchev–Trinajstić information content (AvgIpc) is 3.11. The van der Waals surface area contributed by atoms with Crippen molar-refractivity contribution >= 4 is 34.5 Å². The van der Waals surface area contributed by atoms with Crippen molar-refractivity contribution in [1.82, 2.24) is 0 Å². The van der Waals surface area contributed by atoms with Gasteiger partial charge in [0.2, 0.25) is 0 Å². The van der Waals surface area contributed by atoms with E-state index in [0.29, 0.717) is 4.88 Å². The predicted molar refractivity (Wildman–Crippen MR) is 109 cm³/mol. The van der Waals surface area contributed by atoms with Crippen molar-refractivity contribution < 1.29 is 22.7 Å². The van der Waals surface area contributed by atoms with Crippen molar-refractivity contribution in [3.05, 3.63) is 80.0 Å². The minimum atomic E-state index is -4.60. The van der Waals surface area contributed by atoms with Crippen LogP contribution in [0.15, 0.2) is 47.8 Å². The molecule has 29 heavy (non-hydrogen) atoms. The highest BCUT2D eigenvalue weighted by atomic mass is 35.5. The zero-order valence-electron chi connectivity index (χ0n) is 15.6. The molecule has 3 rings (SSSR count). The lowest BCUT2D eigenvalue weighted by Crippen LogP contribution is -2.12. The Morgan fingerprint density at radius 2 is 1.90 bits per heavy atom. The quantitative estimate of drug-likeness (QED) is 0.471. The molecule has 1 N–H and O–H groups in total. The van der Waals surface area contributed by atoms with Gasteiger partial charge in [-0.25, -0.2) is 0 Å². The minimum Gasteiger partial charge on any atom is -0.489 e. The Bertz CT molecular complexity index is 1050. The number of rotatable bonds is 5. The van der Waals surface area contributed by atoms with Crippen LogP contribution in [-0.4, -0.2) is 5.91 Å². The molecule has 0 saturated carbocycles. The third kappa shape index (κ3) is 5.31. The molecule has 1 aromatic heterocycles. The van der Waals surface area contributed by atoms with Crippen LogP contribution in [0.3, 0.4) is 0 Å². The number of carbonyl (C=O) groups is 1. The summed E-state index contributed by atoms with van der Waals surface area (Å²) in [6, 6.07) is 10.8. The number of hydrogen-bond acceptors (Lipinski definition) is 3. The molecule has 0 aliphatic heterocycles. The predicted octanol–water partition coefficient (Wildman–Crippen LogP) is 6.87. The van der Waals surface area contributed by atoms with Crippen LogP contribution in [0.2, 0.25) is 5.02 Å². The minimum absolute atomic E-state index is 0.0215. The van der Waals surface area contributed by atoms with Crippen LogP contribution in [0.5, 0.6) is 5.75 Å². The zero-order chi connectivity index (χ0) is 21.2. The van der Waals surface area contributed by atoms with E-state index in [1.807, 2.05) is 32.0 Å². The molecule has 152 valence electrons. The summed E-state index contributed by atoms with van der Waals surface area (Å²) in [6.45, 7) is 4.24. The molecular formula is C21H17ClF3NO2S. The van der Waals surface area contributed by atoms with Gasteiger partial charge in [0.1, 0.15) is 12.4 Å². The molecule has 0 aliphatic carbocycles. The monoisotopic (exact) mass is 439 g/mol. The summed E-state index contributed by atoms with van der Waals surface area (Å²) in [6.07, 6.45) is -4.60. The highest BCUT2D eigenvalue weighted by molar-refractivity contribution is 7.12. The van der Waals surface area contributed by atoms with Crippen molar-refractivity contribution in [3.8, 4) is 5.75 Å². The summed E-state index contributed by atoms with van der Waals surface area (Å²) < 4.78 is 44.7. The molecule has 8 heteroatoms. The lowest BCUT2D eigenvalue weighted by atomic mass is 10.1. The number of hydrogen-bond donors (Lipinski definition) is 1. The third-order valence-electron chi connectivity index (χ3n) is 4.13. The average molecular weight is 440 g/mol. The summed E-state index contributed by atoms with van der Waals surface area (Å²) in [4.78, 5) is 12.8. The molecule has 0 unspecified atom stereocenters.